The van der Waals surface area contributed by atoms with Gasteiger partial charge in [0.2, 0.25) is 0 Å². The number of benzene rings is 1. The van der Waals surface area contributed by atoms with E-state index in [-0.39, 0.29) is 5.56 Å². The fourth-order valence-corrected chi connectivity index (χ4v) is 3.49. The lowest BCUT2D eigenvalue weighted by Crippen LogP contribution is -2.23. The summed E-state index contributed by atoms with van der Waals surface area (Å²) in [6, 6.07) is 10.7. The molecule has 1 N–H and O–H groups in total. The monoisotopic (exact) mass is 307 g/mol. The summed E-state index contributed by atoms with van der Waals surface area (Å²) in [5.41, 5.74) is 5.56. The molecule has 1 aromatic carbocycles. The Morgan fingerprint density at radius 1 is 1.22 bits per heavy atom. The number of aryl methyl sites for hydroxylation is 1. The molecule has 0 bridgehead atoms. The number of H-pyrrole nitrogens is 1. The van der Waals surface area contributed by atoms with Crippen molar-refractivity contribution < 1.29 is 0 Å². The van der Waals surface area contributed by atoms with E-state index in [1.807, 2.05) is 21.0 Å². The molecule has 4 heteroatoms. The number of nitrogens with zero attached hydrogens (tertiary/aromatic N) is 2. The zero-order valence-corrected chi connectivity index (χ0v) is 13.8. The molecule has 23 heavy (non-hydrogen) atoms. The summed E-state index contributed by atoms with van der Waals surface area (Å²) in [7, 11) is 4.07. The van der Waals surface area contributed by atoms with Gasteiger partial charge < -0.3 is 9.88 Å². The van der Waals surface area contributed by atoms with Gasteiger partial charge in [-0.3, -0.25) is 4.79 Å². The predicted octanol–water partition coefficient (Wildman–Crippen LogP) is 2.89. The molecular formula is C19H21N3O. The Morgan fingerprint density at radius 2 is 1.91 bits per heavy atom. The van der Waals surface area contributed by atoms with Gasteiger partial charge in [-0.25, -0.2) is 0 Å². The average Bonchev–Trinajstić information content (AvgIpc) is 2.55. The Labute approximate surface area is 136 Å². The summed E-state index contributed by atoms with van der Waals surface area (Å²) in [5.74, 6) is 0.440. The first kappa shape index (κ1) is 15.4. The third-order valence-electron chi connectivity index (χ3n) is 4.83. The highest BCUT2D eigenvalue weighted by molar-refractivity contribution is 5.49. The number of fused-ring (bicyclic) bond motifs is 1. The minimum Gasteiger partial charge on any atom is -0.378 e. The van der Waals surface area contributed by atoms with Crippen LogP contribution in [0.15, 0.2) is 29.1 Å². The summed E-state index contributed by atoms with van der Waals surface area (Å²) in [5, 5.41) is 9.26. The van der Waals surface area contributed by atoms with Gasteiger partial charge in [0, 0.05) is 25.5 Å². The van der Waals surface area contributed by atoms with Gasteiger partial charge in [-0.05, 0) is 60.9 Å². The number of aromatic amines is 1. The predicted molar refractivity (Wildman–Crippen MR) is 92.0 cm³/mol. The van der Waals surface area contributed by atoms with E-state index in [9.17, 15) is 10.1 Å². The van der Waals surface area contributed by atoms with Crippen LogP contribution in [0.25, 0.3) is 0 Å². The van der Waals surface area contributed by atoms with Crippen LogP contribution in [0.4, 0.5) is 5.69 Å². The Hall–Kier alpha value is -2.54. The summed E-state index contributed by atoms with van der Waals surface area (Å²) < 4.78 is 0. The van der Waals surface area contributed by atoms with E-state index < -0.39 is 0 Å². The summed E-state index contributed by atoms with van der Waals surface area (Å²) in [4.78, 5) is 16.8. The maximum absolute atomic E-state index is 11.9. The standard InChI is InChI=1S/C19H21N3O/c1-12-17-10-14(13-4-7-15(8-5-13)22(2)3)6-9-16(17)18(11-20)19(23)21-12/h4-5,7-8,14H,6,9-10H2,1-3H3,(H,21,23). The van der Waals surface area contributed by atoms with Gasteiger partial charge in [0.15, 0.2) is 0 Å². The molecule has 0 fully saturated rings. The van der Waals surface area contributed by atoms with Crippen molar-refractivity contribution in [2.24, 2.45) is 0 Å². The molecule has 1 aromatic heterocycles. The Morgan fingerprint density at radius 3 is 2.52 bits per heavy atom. The summed E-state index contributed by atoms with van der Waals surface area (Å²) >= 11 is 0. The number of hydrogen-bond acceptors (Lipinski definition) is 3. The third-order valence-corrected chi connectivity index (χ3v) is 4.83. The lowest BCUT2D eigenvalue weighted by molar-refractivity contribution is 0.578. The second-order valence-corrected chi connectivity index (χ2v) is 6.45. The van der Waals surface area contributed by atoms with Gasteiger partial charge in [0.05, 0.1) is 0 Å². The van der Waals surface area contributed by atoms with Crippen molar-refractivity contribution in [3.63, 3.8) is 0 Å². The van der Waals surface area contributed by atoms with Crippen LogP contribution in [-0.2, 0) is 12.8 Å². The molecule has 0 saturated heterocycles. The highest BCUT2D eigenvalue weighted by Gasteiger charge is 2.25. The first-order valence-corrected chi connectivity index (χ1v) is 7.93. The van der Waals surface area contributed by atoms with Crippen LogP contribution >= 0.6 is 0 Å². The molecule has 1 unspecified atom stereocenters. The Bertz CT molecular complexity index is 825. The second kappa shape index (κ2) is 5.92. The molecule has 118 valence electrons. The van der Waals surface area contributed by atoms with Crippen LogP contribution in [-0.4, -0.2) is 19.1 Å². The van der Waals surface area contributed by atoms with Gasteiger partial charge in [-0.1, -0.05) is 12.1 Å². The molecule has 1 aliphatic carbocycles. The lowest BCUT2D eigenvalue weighted by atomic mass is 9.78. The highest BCUT2D eigenvalue weighted by Crippen LogP contribution is 2.34. The van der Waals surface area contributed by atoms with Crippen LogP contribution in [0.5, 0.6) is 0 Å². The number of anilines is 1. The van der Waals surface area contributed by atoms with Crippen molar-refractivity contribution in [3.8, 4) is 6.07 Å². The molecule has 0 saturated carbocycles. The van der Waals surface area contributed by atoms with Gasteiger partial charge in [-0.15, -0.1) is 0 Å². The van der Waals surface area contributed by atoms with E-state index in [1.165, 1.54) is 11.3 Å². The molecule has 1 heterocycles. The van der Waals surface area contributed by atoms with E-state index in [2.05, 4.69) is 40.2 Å². The van der Waals surface area contributed by atoms with Gasteiger partial charge in [0.1, 0.15) is 11.6 Å². The van der Waals surface area contributed by atoms with Crippen molar-refractivity contribution in [1.29, 1.82) is 5.26 Å². The summed E-state index contributed by atoms with van der Waals surface area (Å²) in [6.07, 6.45) is 2.66. The van der Waals surface area contributed by atoms with Crippen LogP contribution in [0, 0.1) is 18.3 Å². The van der Waals surface area contributed by atoms with Crippen molar-refractivity contribution in [2.45, 2.75) is 32.1 Å². The molecule has 3 rings (SSSR count). The van der Waals surface area contributed by atoms with Crippen LogP contribution < -0.4 is 10.5 Å². The highest BCUT2D eigenvalue weighted by atomic mass is 16.1. The zero-order valence-electron chi connectivity index (χ0n) is 13.8. The van der Waals surface area contributed by atoms with Crippen molar-refractivity contribution in [2.75, 3.05) is 19.0 Å². The SMILES string of the molecule is Cc1[nH]c(=O)c(C#N)c2c1CC(c1ccc(N(C)C)cc1)CC2. The number of aromatic nitrogens is 1. The van der Waals surface area contributed by atoms with E-state index in [1.54, 1.807) is 0 Å². The number of hydrogen-bond donors (Lipinski definition) is 1. The summed E-state index contributed by atoms with van der Waals surface area (Å²) in [6.45, 7) is 1.93. The number of pyridine rings is 1. The van der Waals surface area contributed by atoms with Crippen molar-refractivity contribution >= 4 is 5.69 Å². The topological polar surface area (TPSA) is 59.9 Å². The largest absolute Gasteiger partial charge is 0.378 e. The van der Waals surface area contributed by atoms with Crippen LogP contribution in [0.2, 0.25) is 0 Å². The minimum absolute atomic E-state index is 0.252. The van der Waals surface area contributed by atoms with Gasteiger partial charge >= 0.3 is 0 Å². The minimum atomic E-state index is -0.252. The Balaban J connectivity index is 1.94. The molecule has 1 atom stereocenters. The van der Waals surface area contributed by atoms with Crippen molar-refractivity contribution in [1.82, 2.24) is 4.98 Å². The maximum atomic E-state index is 11.9. The van der Waals surface area contributed by atoms with Crippen LogP contribution in [0.3, 0.4) is 0 Å². The van der Waals surface area contributed by atoms with E-state index >= 15 is 0 Å². The lowest BCUT2D eigenvalue weighted by Gasteiger charge is -2.27. The Kier molecular flexibility index (Phi) is 3.96. The molecule has 0 spiro atoms. The second-order valence-electron chi connectivity index (χ2n) is 6.45. The molecular weight excluding hydrogens is 286 g/mol. The first-order valence-electron chi connectivity index (χ1n) is 7.93. The van der Waals surface area contributed by atoms with E-state index in [0.29, 0.717) is 11.5 Å². The zero-order chi connectivity index (χ0) is 16.6. The quantitative estimate of drug-likeness (QED) is 0.928. The molecule has 0 amide bonds. The molecule has 2 aromatic rings. The molecule has 0 radical (unpaired) electrons. The normalized spacial score (nSPS) is 16.5. The molecule has 4 nitrogen and oxygen atoms in total. The van der Waals surface area contributed by atoms with E-state index in [4.69, 9.17) is 0 Å². The maximum Gasteiger partial charge on any atom is 0.266 e. The smallest absolute Gasteiger partial charge is 0.266 e. The van der Waals surface area contributed by atoms with Crippen LogP contribution in [0.1, 0.15) is 40.3 Å². The number of nitriles is 1. The third kappa shape index (κ3) is 2.75. The number of rotatable bonds is 2. The van der Waals surface area contributed by atoms with E-state index in [0.717, 1.165) is 36.1 Å². The average molecular weight is 307 g/mol. The van der Waals surface area contributed by atoms with Gasteiger partial charge in [-0.2, -0.15) is 5.26 Å². The fraction of sp³-hybridized carbons (Fsp3) is 0.368. The van der Waals surface area contributed by atoms with Crippen molar-refractivity contribution in [3.05, 3.63) is 62.6 Å². The fourth-order valence-electron chi connectivity index (χ4n) is 3.49. The van der Waals surface area contributed by atoms with Gasteiger partial charge in [0.25, 0.3) is 5.56 Å². The first-order chi connectivity index (χ1) is 11.0. The molecule has 1 aliphatic rings. The number of nitrogens with one attached hydrogen (secondary N) is 1. The molecule has 0 aliphatic heterocycles.